The van der Waals surface area contributed by atoms with Crippen molar-refractivity contribution >= 4 is 11.6 Å². The zero-order valence-electron chi connectivity index (χ0n) is 27.5. The molecule has 7 heteroatoms. The lowest BCUT2D eigenvalue weighted by molar-refractivity contribution is -0.341. The van der Waals surface area contributed by atoms with E-state index in [0.29, 0.717) is 37.9 Å². The molecule has 0 spiro atoms. The molecule has 2 aliphatic rings. The average Bonchev–Trinajstić information content (AvgIpc) is 3.15. The minimum absolute atomic E-state index is 0.351. The minimum Gasteiger partial charge on any atom is -0.494 e. The van der Waals surface area contributed by atoms with Gasteiger partial charge in [0.1, 0.15) is 36.3 Å². The second kappa shape index (κ2) is 16.1. The first-order chi connectivity index (χ1) is 24.1. The Balaban J connectivity index is 1.22. The molecular weight excluding hydrogens is 636 g/mol. The van der Waals surface area contributed by atoms with Crippen LogP contribution in [-0.4, -0.2) is 37.6 Å². The summed E-state index contributed by atoms with van der Waals surface area (Å²) in [5.41, 5.74) is 6.17. The fourth-order valence-corrected chi connectivity index (χ4v) is 6.72. The Hall–Kier alpha value is -4.01. The van der Waals surface area contributed by atoms with Crippen molar-refractivity contribution in [1.82, 2.24) is 0 Å². The summed E-state index contributed by atoms with van der Waals surface area (Å²) in [7, 11) is 0. The first-order valence-electron chi connectivity index (χ1n) is 16.9. The standard InChI is InChI=1S/C42H41ClO6/c1-2-44-35-21-18-29(19-22-35)24-34-25-33(20-23-36(34)43)38-40(45-26-30-12-6-3-7-13-30)41(46-27-31-14-8-4-9-15-31)39-37(48-38)28-47-42(49-39)32-16-10-5-11-17-32/h3-23,25,37-42H,2,24,26-28H2,1H3/t37-,38+,39-,40+,41+,42?/m1/s1. The number of rotatable bonds is 12. The van der Waals surface area contributed by atoms with Gasteiger partial charge in [-0.15, -0.1) is 0 Å². The molecule has 0 N–H and O–H groups in total. The highest BCUT2D eigenvalue weighted by Gasteiger charge is 2.51. The Kier molecular flexibility index (Phi) is 11.0. The van der Waals surface area contributed by atoms with E-state index in [0.717, 1.165) is 39.1 Å². The van der Waals surface area contributed by atoms with Crippen LogP contribution in [0.1, 0.15) is 52.7 Å². The van der Waals surface area contributed by atoms with E-state index in [4.69, 9.17) is 40.0 Å². The van der Waals surface area contributed by atoms with Gasteiger partial charge in [0.2, 0.25) is 0 Å². The Labute approximate surface area is 293 Å². The molecule has 2 aliphatic heterocycles. The highest BCUT2D eigenvalue weighted by molar-refractivity contribution is 6.31. The van der Waals surface area contributed by atoms with Crippen molar-refractivity contribution in [2.75, 3.05) is 13.2 Å². The van der Waals surface area contributed by atoms with Crippen molar-refractivity contribution in [3.8, 4) is 5.75 Å². The highest BCUT2D eigenvalue weighted by Crippen LogP contribution is 2.43. The van der Waals surface area contributed by atoms with E-state index in [1.54, 1.807) is 0 Å². The van der Waals surface area contributed by atoms with Crippen LogP contribution in [0.4, 0.5) is 0 Å². The molecule has 6 nitrogen and oxygen atoms in total. The first-order valence-corrected chi connectivity index (χ1v) is 17.3. The fourth-order valence-electron chi connectivity index (χ4n) is 6.53. The van der Waals surface area contributed by atoms with Gasteiger partial charge in [0, 0.05) is 10.6 Å². The summed E-state index contributed by atoms with van der Waals surface area (Å²) in [6.45, 7) is 3.75. The number of benzene rings is 5. The number of fused-ring (bicyclic) bond motifs is 1. The zero-order valence-corrected chi connectivity index (χ0v) is 28.3. The van der Waals surface area contributed by atoms with Crippen LogP contribution in [0.2, 0.25) is 5.02 Å². The van der Waals surface area contributed by atoms with Gasteiger partial charge in [0.05, 0.1) is 26.4 Å². The van der Waals surface area contributed by atoms with Crippen LogP contribution in [0.3, 0.4) is 0 Å². The Bertz CT molecular complexity index is 1750. The number of hydrogen-bond acceptors (Lipinski definition) is 6. The molecule has 252 valence electrons. The fraction of sp³-hybridized carbons (Fsp3) is 0.286. The quantitative estimate of drug-likeness (QED) is 0.131. The zero-order chi connectivity index (χ0) is 33.4. The summed E-state index contributed by atoms with van der Waals surface area (Å²) in [5.74, 6) is 0.850. The maximum absolute atomic E-state index is 6.92. The summed E-state index contributed by atoms with van der Waals surface area (Å²) in [5, 5.41) is 0.694. The van der Waals surface area contributed by atoms with E-state index < -0.39 is 30.7 Å². The monoisotopic (exact) mass is 676 g/mol. The van der Waals surface area contributed by atoms with Crippen LogP contribution in [0.15, 0.2) is 133 Å². The van der Waals surface area contributed by atoms with Crippen molar-refractivity contribution in [3.63, 3.8) is 0 Å². The molecule has 2 fully saturated rings. The van der Waals surface area contributed by atoms with Crippen molar-refractivity contribution in [2.45, 2.75) is 63.4 Å². The summed E-state index contributed by atoms with van der Waals surface area (Å²) in [6.07, 6.45) is -2.14. The van der Waals surface area contributed by atoms with Crippen LogP contribution in [0, 0.1) is 0 Å². The lowest BCUT2D eigenvalue weighted by Gasteiger charge is -2.49. The highest BCUT2D eigenvalue weighted by atomic mass is 35.5. The molecule has 5 aromatic carbocycles. The molecule has 0 aliphatic carbocycles. The Morgan fingerprint density at radius 1 is 0.653 bits per heavy atom. The maximum atomic E-state index is 6.92. The summed E-state index contributed by atoms with van der Waals surface area (Å²) in [6, 6.07) is 44.6. The minimum atomic E-state index is -0.545. The first kappa shape index (κ1) is 33.5. The van der Waals surface area contributed by atoms with Gasteiger partial charge in [0.15, 0.2) is 6.29 Å². The molecular formula is C42H41ClO6. The third-order valence-corrected chi connectivity index (χ3v) is 9.36. The Morgan fingerprint density at radius 2 is 1.29 bits per heavy atom. The molecule has 0 saturated carbocycles. The van der Waals surface area contributed by atoms with Gasteiger partial charge in [-0.1, -0.05) is 127 Å². The molecule has 2 heterocycles. The van der Waals surface area contributed by atoms with Crippen molar-refractivity contribution < 1.29 is 28.4 Å². The predicted octanol–water partition coefficient (Wildman–Crippen LogP) is 9.05. The molecule has 6 atom stereocenters. The summed E-state index contributed by atoms with van der Waals surface area (Å²) in [4.78, 5) is 0. The molecule has 5 aromatic rings. The van der Waals surface area contributed by atoms with E-state index in [-0.39, 0.29) is 6.10 Å². The van der Waals surface area contributed by atoms with Crippen molar-refractivity contribution in [1.29, 1.82) is 0 Å². The van der Waals surface area contributed by atoms with Gasteiger partial charge in [0.25, 0.3) is 0 Å². The van der Waals surface area contributed by atoms with Crippen LogP contribution < -0.4 is 4.74 Å². The molecule has 0 radical (unpaired) electrons. The van der Waals surface area contributed by atoms with Gasteiger partial charge < -0.3 is 28.4 Å². The molecule has 1 unspecified atom stereocenters. The SMILES string of the molecule is CCOc1ccc(Cc2cc([C@@H]3O[C@@H]4COC(c5ccccc5)O[C@H]4[C@H](OCc4ccccc4)[C@H]3OCc3ccccc3)ccc2Cl)cc1. The normalized spacial score (nSPS) is 23.5. The number of hydrogen-bond donors (Lipinski definition) is 0. The van der Waals surface area contributed by atoms with Gasteiger partial charge in [-0.3, -0.25) is 0 Å². The number of ether oxygens (including phenoxy) is 6. The molecule has 0 aromatic heterocycles. The molecule has 49 heavy (non-hydrogen) atoms. The van der Waals surface area contributed by atoms with E-state index in [1.807, 2.05) is 97.9 Å². The van der Waals surface area contributed by atoms with Crippen molar-refractivity contribution in [3.05, 3.63) is 172 Å². The second-order valence-electron chi connectivity index (χ2n) is 12.4. The van der Waals surface area contributed by atoms with Gasteiger partial charge in [-0.25, -0.2) is 0 Å². The Morgan fingerprint density at radius 3 is 1.94 bits per heavy atom. The largest absolute Gasteiger partial charge is 0.494 e. The van der Waals surface area contributed by atoms with E-state index in [1.165, 1.54) is 0 Å². The van der Waals surface area contributed by atoms with E-state index in [2.05, 4.69) is 42.5 Å². The maximum Gasteiger partial charge on any atom is 0.184 e. The van der Waals surface area contributed by atoms with Crippen molar-refractivity contribution in [2.24, 2.45) is 0 Å². The lowest BCUT2D eigenvalue weighted by atomic mass is 9.89. The third kappa shape index (κ3) is 8.25. The molecule has 0 amide bonds. The van der Waals surface area contributed by atoms with Gasteiger partial charge >= 0.3 is 0 Å². The topological polar surface area (TPSA) is 55.4 Å². The summed E-state index contributed by atoms with van der Waals surface area (Å²) < 4.78 is 39.2. The van der Waals surface area contributed by atoms with Gasteiger partial charge in [-0.2, -0.15) is 0 Å². The number of halogens is 1. The third-order valence-electron chi connectivity index (χ3n) is 9.00. The smallest absolute Gasteiger partial charge is 0.184 e. The van der Waals surface area contributed by atoms with E-state index in [9.17, 15) is 0 Å². The van der Waals surface area contributed by atoms with Crippen LogP contribution in [0.25, 0.3) is 0 Å². The summed E-state index contributed by atoms with van der Waals surface area (Å²) >= 11 is 6.81. The van der Waals surface area contributed by atoms with E-state index >= 15 is 0 Å². The lowest BCUT2D eigenvalue weighted by Crippen LogP contribution is -2.60. The van der Waals surface area contributed by atoms with Gasteiger partial charge in [-0.05, 0) is 59.4 Å². The van der Waals surface area contributed by atoms with Crippen LogP contribution in [-0.2, 0) is 43.3 Å². The second-order valence-corrected chi connectivity index (χ2v) is 12.8. The molecule has 7 rings (SSSR count). The molecule has 0 bridgehead atoms. The van der Waals surface area contributed by atoms with Crippen LogP contribution in [0.5, 0.6) is 5.75 Å². The average molecular weight is 677 g/mol. The predicted molar refractivity (Wildman–Crippen MR) is 190 cm³/mol. The van der Waals surface area contributed by atoms with Crippen LogP contribution >= 0.6 is 11.6 Å². The molecule has 2 saturated heterocycles.